The number of carbonyl (C=O) groups excluding carboxylic acids is 1. The highest BCUT2D eigenvalue weighted by Gasteiger charge is 2.52. The Bertz CT molecular complexity index is 1080. The lowest BCUT2D eigenvalue weighted by atomic mass is 9.75. The third-order valence-electron chi connectivity index (χ3n) is 6.93. The molecule has 4 aliphatic rings. The molecule has 2 aromatic rings. The van der Waals surface area contributed by atoms with Gasteiger partial charge in [0.1, 0.15) is 17.8 Å². The highest BCUT2D eigenvalue weighted by Crippen LogP contribution is 2.48. The van der Waals surface area contributed by atoms with Gasteiger partial charge < -0.3 is 19.1 Å². The number of carbonyl (C=O) groups is 1. The van der Waals surface area contributed by atoms with Crippen molar-refractivity contribution < 1.29 is 19.0 Å². The number of aromatic nitrogens is 2. The second kappa shape index (κ2) is 8.65. The van der Waals surface area contributed by atoms with E-state index in [4.69, 9.17) is 19.2 Å². The summed E-state index contributed by atoms with van der Waals surface area (Å²) in [6.07, 6.45) is 3.76. The van der Waals surface area contributed by atoms with Crippen LogP contribution in [-0.4, -0.2) is 70.6 Å². The molecule has 8 nitrogen and oxygen atoms in total. The summed E-state index contributed by atoms with van der Waals surface area (Å²) in [6.45, 7) is 12.6. The van der Waals surface area contributed by atoms with Crippen molar-refractivity contribution >= 4 is 45.3 Å². The van der Waals surface area contributed by atoms with E-state index in [0.717, 1.165) is 39.6 Å². The molecule has 184 valence electrons. The van der Waals surface area contributed by atoms with Crippen LogP contribution in [0.4, 0.5) is 10.5 Å². The summed E-state index contributed by atoms with van der Waals surface area (Å²) in [4.78, 5) is 26.3. The molecule has 6 rings (SSSR count). The Kier molecular flexibility index (Phi) is 6.07. The van der Waals surface area contributed by atoms with Gasteiger partial charge >= 0.3 is 12.1 Å². The minimum absolute atomic E-state index is 0.00780. The highest BCUT2D eigenvalue weighted by atomic mass is 127. The number of anilines is 1. The van der Waals surface area contributed by atoms with Crippen molar-refractivity contribution in [3.8, 4) is 6.01 Å². The van der Waals surface area contributed by atoms with Gasteiger partial charge in [-0.2, -0.15) is 4.98 Å². The summed E-state index contributed by atoms with van der Waals surface area (Å²) < 4.78 is 18.6. The van der Waals surface area contributed by atoms with Crippen LogP contribution < -0.4 is 9.64 Å². The average molecular weight is 580 g/mol. The second-order valence-electron chi connectivity index (χ2n) is 11.0. The van der Waals surface area contributed by atoms with E-state index in [-0.39, 0.29) is 23.8 Å². The Morgan fingerprint density at radius 1 is 1.24 bits per heavy atom. The van der Waals surface area contributed by atoms with Gasteiger partial charge in [-0.25, -0.2) is 9.78 Å². The lowest BCUT2D eigenvalue weighted by Gasteiger charge is -2.45. The van der Waals surface area contributed by atoms with Crippen molar-refractivity contribution in [2.24, 2.45) is 5.92 Å². The topological polar surface area (TPSA) is 77.0 Å². The summed E-state index contributed by atoms with van der Waals surface area (Å²) >= 11 is 2.31. The minimum Gasteiger partial charge on any atom is -0.460 e. The maximum atomic E-state index is 12.8. The highest BCUT2D eigenvalue weighted by molar-refractivity contribution is 14.1. The van der Waals surface area contributed by atoms with Crippen LogP contribution in [0.2, 0.25) is 0 Å². The van der Waals surface area contributed by atoms with Crippen molar-refractivity contribution in [2.45, 2.75) is 70.7 Å². The molecule has 2 atom stereocenters. The third kappa shape index (κ3) is 4.53. The zero-order valence-electron chi connectivity index (χ0n) is 20.5. The Morgan fingerprint density at radius 3 is 2.56 bits per heavy atom. The van der Waals surface area contributed by atoms with Gasteiger partial charge in [-0.3, -0.25) is 4.90 Å². The van der Waals surface area contributed by atoms with Gasteiger partial charge in [0.15, 0.2) is 0 Å². The zero-order chi connectivity index (χ0) is 24.3. The molecule has 1 aromatic heterocycles. The number of piperazine rings is 1. The van der Waals surface area contributed by atoms with Crippen LogP contribution >= 0.6 is 22.6 Å². The summed E-state index contributed by atoms with van der Waals surface area (Å²) in [5.41, 5.74) is 1.32. The molecule has 0 unspecified atom stereocenters. The van der Waals surface area contributed by atoms with Crippen LogP contribution in [0.25, 0.3) is 10.9 Å². The molecular weight excluding hydrogens is 547 g/mol. The molecule has 0 radical (unpaired) electrons. The summed E-state index contributed by atoms with van der Waals surface area (Å²) in [5.74, 6) is 0.699. The lowest BCUT2D eigenvalue weighted by molar-refractivity contribution is -0.0379. The number of benzene rings is 1. The van der Waals surface area contributed by atoms with Gasteiger partial charge in [0.2, 0.25) is 0 Å². The lowest BCUT2D eigenvalue weighted by Crippen LogP contribution is -2.59. The molecule has 4 heterocycles. The van der Waals surface area contributed by atoms with Gasteiger partial charge in [0.25, 0.3) is 0 Å². The molecule has 34 heavy (non-hydrogen) atoms. The third-order valence-corrected chi connectivity index (χ3v) is 7.80. The first-order chi connectivity index (χ1) is 16.0. The van der Waals surface area contributed by atoms with E-state index < -0.39 is 5.60 Å². The Hall–Kier alpha value is -1.88. The van der Waals surface area contributed by atoms with Crippen LogP contribution in [-0.2, 0) is 9.47 Å². The van der Waals surface area contributed by atoms with Crippen LogP contribution in [0.3, 0.4) is 0 Å². The summed E-state index contributed by atoms with van der Waals surface area (Å²) in [6, 6.07) is 4.62. The van der Waals surface area contributed by atoms with Gasteiger partial charge in [-0.05, 0) is 88.1 Å². The van der Waals surface area contributed by atoms with Crippen LogP contribution in [0.1, 0.15) is 47.5 Å². The number of amides is 1. The fourth-order valence-corrected chi connectivity index (χ4v) is 6.06. The van der Waals surface area contributed by atoms with Crippen LogP contribution in [0, 0.1) is 9.49 Å². The van der Waals surface area contributed by atoms with E-state index in [9.17, 15) is 4.79 Å². The molecule has 9 heteroatoms. The van der Waals surface area contributed by atoms with Crippen molar-refractivity contribution in [3.63, 3.8) is 0 Å². The van der Waals surface area contributed by atoms with Crippen molar-refractivity contribution in [3.05, 3.63) is 21.9 Å². The predicted molar refractivity (Wildman–Crippen MR) is 138 cm³/mol. The predicted octanol–water partition coefficient (Wildman–Crippen LogP) is 4.63. The van der Waals surface area contributed by atoms with Crippen LogP contribution in [0.15, 0.2) is 18.3 Å². The number of hydrogen-bond acceptors (Lipinski definition) is 7. The molecule has 3 aliphatic heterocycles. The van der Waals surface area contributed by atoms with E-state index in [1.165, 1.54) is 0 Å². The number of halogens is 1. The molecule has 0 spiro atoms. The van der Waals surface area contributed by atoms with E-state index in [2.05, 4.69) is 58.5 Å². The quantitative estimate of drug-likeness (QED) is 0.489. The molecule has 1 saturated carbocycles. The average Bonchev–Trinajstić information content (AvgIpc) is 3.32. The van der Waals surface area contributed by atoms with Crippen molar-refractivity contribution in [1.82, 2.24) is 14.9 Å². The number of nitrogens with zero attached hydrogens (tertiary/aromatic N) is 4. The first-order valence-electron chi connectivity index (χ1n) is 12.0. The summed E-state index contributed by atoms with van der Waals surface area (Å²) in [7, 11) is 0. The van der Waals surface area contributed by atoms with Crippen molar-refractivity contribution in [2.75, 3.05) is 31.2 Å². The molecule has 1 aromatic carbocycles. The van der Waals surface area contributed by atoms with Crippen LogP contribution in [0.5, 0.6) is 6.01 Å². The molecule has 3 saturated heterocycles. The largest absolute Gasteiger partial charge is 0.460 e. The summed E-state index contributed by atoms with van der Waals surface area (Å²) in [5, 5.41) is 0.989. The molecule has 1 amide bonds. The second-order valence-corrected chi connectivity index (χ2v) is 12.2. The Labute approximate surface area is 214 Å². The smallest absolute Gasteiger partial charge is 0.410 e. The Morgan fingerprint density at radius 2 is 1.94 bits per heavy atom. The zero-order valence-corrected chi connectivity index (χ0v) is 22.7. The SMILES string of the molecule is C[C@H]1CN(c2ccc(I)c3nc(OCC45CC(CO4)C5)ncc23)C[C@H](C)N1C(=O)OC(C)(C)C. The van der Waals surface area contributed by atoms with E-state index in [1.807, 2.05) is 31.9 Å². The standard InChI is InChI=1S/C25H33IN4O4/c1-15-11-29(12-16(2)30(15)23(31)34-24(3,4)5)20-7-6-19(26)21-18(20)10-27-22(28-21)32-14-25-8-17(9-25)13-33-25/h6-7,10,15-17H,8-9,11-14H2,1-5H3/t15-,16-,17?,25?/m0/s1. The molecule has 0 N–H and O–H groups in total. The molecule has 2 bridgehead atoms. The number of rotatable bonds is 4. The maximum absolute atomic E-state index is 12.8. The number of hydrogen-bond donors (Lipinski definition) is 0. The molecular formula is C25H33IN4O4. The monoisotopic (exact) mass is 580 g/mol. The number of fused-ring (bicyclic) bond motifs is 2. The van der Waals surface area contributed by atoms with Crippen molar-refractivity contribution in [1.29, 1.82) is 0 Å². The van der Waals surface area contributed by atoms with Gasteiger partial charge in [-0.1, -0.05) is 0 Å². The first-order valence-corrected chi connectivity index (χ1v) is 13.1. The molecule has 4 fully saturated rings. The first kappa shape index (κ1) is 23.8. The fraction of sp³-hybridized carbons (Fsp3) is 0.640. The number of ether oxygens (including phenoxy) is 3. The van der Waals surface area contributed by atoms with E-state index in [0.29, 0.717) is 31.6 Å². The van der Waals surface area contributed by atoms with Gasteiger partial charge in [0.05, 0.1) is 24.2 Å². The maximum Gasteiger partial charge on any atom is 0.410 e. The van der Waals surface area contributed by atoms with E-state index >= 15 is 0 Å². The van der Waals surface area contributed by atoms with Gasteiger partial charge in [-0.15, -0.1) is 0 Å². The van der Waals surface area contributed by atoms with E-state index in [1.54, 1.807) is 0 Å². The minimum atomic E-state index is -0.513. The Balaban J connectivity index is 1.34. The fourth-order valence-electron chi connectivity index (χ4n) is 5.47. The molecule has 1 aliphatic carbocycles. The normalized spacial score (nSPS) is 28.7. The van der Waals surface area contributed by atoms with Gasteiger partial charge in [0, 0.05) is 33.9 Å².